The van der Waals surface area contributed by atoms with Crippen molar-refractivity contribution in [3.05, 3.63) is 41.7 Å². The van der Waals surface area contributed by atoms with Crippen molar-refractivity contribution in [2.75, 3.05) is 6.61 Å². The molecule has 0 fully saturated rings. The van der Waals surface area contributed by atoms with Crippen LogP contribution >= 0.6 is 0 Å². The Kier molecular flexibility index (Phi) is 9.58. The highest BCUT2D eigenvalue weighted by Crippen LogP contribution is 2.13. The summed E-state index contributed by atoms with van der Waals surface area (Å²) in [6.45, 7) is 7.86. The molecule has 2 aliphatic heterocycles. The van der Waals surface area contributed by atoms with E-state index < -0.39 is 35.8 Å². The predicted octanol–water partition coefficient (Wildman–Crippen LogP) is 0.0697. The third-order valence-electron chi connectivity index (χ3n) is 5.97. The van der Waals surface area contributed by atoms with Gasteiger partial charge >= 0.3 is 0 Å². The minimum Gasteiger partial charge on any atom is -0.492 e. The molecule has 0 saturated carbocycles. The number of carbonyl (C=O) groups excluding carboxylic acids is 4. The summed E-state index contributed by atoms with van der Waals surface area (Å²) in [6.07, 6.45) is 2.14. The summed E-state index contributed by atoms with van der Waals surface area (Å²) in [5, 5.41) is 18.9. The lowest BCUT2D eigenvalue weighted by molar-refractivity contribution is -0.134. The Morgan fingerprint density at radius 1 is 1.03 bits per heavy atom. The van der Waals surface area contributed by atoms with E-state index in [2.05, 4.69) is 31.6 Å². The molecule has 4 amide bonds. The number of carbonyl (C=O) groups is 4. The van der Waals surface area contributed by atoms with E-state index in [9.17, 15) is 19.2 Å². The van der Waals surface area contributed by atoms with Gasteiger partial charge in [0.2, 0.25) is 23.6 Å². The molecule has 200 valence electrons. The maximum Gasteiger partial charge on any atom is 0.243 e. The Hall–Kier alpha value is -3.96. The lowest BCUT2D eigenvalue weighted by atomic mass is 10.0. The average Bonchev–Trinajstić information content (AvgIpc) is 3.32. The first-order chi connectivity index (χ1) is 17.7. The van der Waals surface area contributed by atoms with Gasteiger partial charge in [-0.1, -0.05) is 38.1 Å². The molecular weight excluding hydrogens is 478 g/mol. The van der Waals surface area contributed by atoms with Crippen molar-refractivity contribution >= 4 is 23.6 Å². The molecular formula is C25H35N7O5. The summed E-state index contributed by atoms with van der Waals surface area (Å²) in [7, 11) is 0. The highest BCUT2D eigenvalue weighted by Gasteiger charge is 2.29. The van der Waals surface area contributed by atoms with Crippen molar-refractivity contribution in [3.63, 3.8) is 0 Å². The molecule has 1 aromatic heterocycles. The van der Waals surface area contributed by atoms with E-state index >= 15 is 0 Å². The zero-order chi connectivity index (χ0) is 26.9. The molecule has 2 aliphatic rings. The van der Waals surface area contributed by atoms with Gasteiger partial charge in [0.15, 0.2) is 0 Å². The molecule has 2 aromatic rings. The first-order valence-corrected chi connectivity index (χ1v) is 12.4. The first-order valence-electron chi connectivity index (χ1n) is 12.4. The number of aromatic nitrogens is 3. The molecule has 0 spiro atoms. The summed E-state index contributed by atoms with van der Waals surface area (Å²) in [6, 6.07) is 4.60. The molecule has 4 N–H and O–H groups in total. The van der Waals surface area contributed by atoms with Crippen LogP contribution in [0, 0.1) is 5.92 Å². The quantitative estimate of drug-likeness (QED) is 0.414. The van der Waals surface area contributed by atoms with Gasteiger partial charge in [-0.05, 0) is 37.0 Å². The summed E-state index contributed by atoms with van der Waals surface area (Å²) in [4.78, 5) is 51.0. The Bertz CT molecular complexity index is 1100. The molecule has 0 saturated heterocycles. The van der Waals surface area contributed by atoms with Gasteiger partial charge in [-0.15, -0.1) is 5.10 Å². The van der Waals surface area contributed by atoms with Crippen LogP contribution in [0.1, 0.15) is 45.4 Å². The van der Waals surface area contributed by atoms with Gasteiger partial charge in [-0.3, -0.25) is 19.2 Å². The SMILES string of the molecule is CC[C@@H]1NC(=O)Cc2ccc(cc2)OCCn2cc(nn2)CNC(=O)[C@@H](C)NC(=O)[C@H](C(C)C)NC1=O. The number of hydrogen-bond donors (Lipinski definition) is 4. The average molecular weight is 514 g/mol. The van der Waals surface area contributed by atoms with Crippen LogP contribution in [0.15, 0.2) is 30.5 Å². The monoisotopic (exact) mass is 513 g/mol. The molecule has 0 radical (unpaired) electrons. The summed E-state index contributed by atoms with van der Waals surface area (Å²) < 4.78 is 7.36. The van der Waals surface area contributed by atoms with Crippen molar-refractivity contribution in [2.45, 2.75) is 71.8 Å². The number of hydrogen-bond acceptors (Lipinski definition) is 7. The fraction of sp³-hybridized carbons (Fsp3) is 0.520. The van der Waals surface area contributed by atoms with Crippen LogP contribution in [0.3, 0.4) is 0 Å². The number of fused-ring (bicyclic) bond motifs is 16. The second kappa shape index (κ2) is 12.8. The fourth-order valence-electron chi connectivity index (χ4n) is 3.76. The predicted molar refractivity (Wildman–Crippen MR) is 134 cm³/mol. The van der Waals surface area contributed by atoms with Gasteiger partial charge in [0.05, 0.1) is 25.7 Å². The molecule has 4 rings (SSSR count). The number of nitrogens with zero attached hydrogens (tertiary/aromatic N) is 3. The van der Waals surface area contributed by atoms with Crippen LogP contribution in [0.25, 0.3) is 0 Å². The highest BCUT2D eigenvalue weighted by atomic mass is 16.5. The smallest absolute Gasteiger partial charge is 0.243 e. The second-order valence-corrected chi connectivity index (χ2v) is 9.35. The number of amides is 4. The third-order valence-corrected chi connectivity index (χ3v) is 5.97. The minimum atomic E-state index is -0.886. The lowest BCUT2D eigenvalue weighted by Gasteiger charge is -2.26. The minimum absolute atomic E-state index is 0.0898. The number of ether oxygens (including phenoxy) is 1. The van der Waals surface area contributed by atoms with Gasteiger partial charge in [0.1, 0.15) is 36.2 Å². The molecule has 3 atom stereocenters. The van der Waals surface area contributed by atoms with Crippen LogP contribution in [-0.2, 0) is 38.7 Å². The molecule has 0 aliphatic carbocycles. The maximum absolute atomic E-state index is 12.9. The summed E-state index contributed by atoms with van der Waals surface area (Å²) >= 11 is 0. The first kappa shape index (κ1) is 27.6. The van der Waals surface area contributed by atoms with Crippen LogP contribution in [-0.4, -0.2) is 63.4 Å². The van der Waals surface area contributed by atoms with Crippen LogP contribution < -0.4 is 26.0 Å². The Balaban J connectivity index is 1.78. The van der Waals surface area contributed by atoms with E-state index in [1.165, 1.54) is 0 Å². The van der Waals surface area contributed by atoms with Gasteiger partial charge in [-0.2, -0.15) is 0 Å². The molecule has 1 aromatic carbocycles. The van der Waals surface area contributed by atoms with Crippen LogP contribution in [0.2, 0.25) is 0 Å². The number of rotatable bonds is 2. The standard InChI is InChI=1S/C25H35N7O5/c1-5-20-24(35)29-22(15(2)3)25(36)27-16(4)23(34)26-13-18-14-32(31-30-18)10-11-37-19-8-6-17(7-9-19)12-21(33)28-20/h6-9,14-16,20,22H,5,10-13H2,1-4H3,(H,26,34)(H,27,36)(H,28,33)(H,29,35)/t16-,20+,22+/m1/s1. The van der Waals surface area contributed by atoms with E-state index in [1.807, 2.05) is 0 Å². The highest BCUT2D eigenvalue weighted by molar-refractivity contribution is 5.94. The number of benzene rings is 1. The molecule has 0 unspecified atom stereocenters. The molecule has 12 nitrogen and oxygen atoms in total. The van der Waals surface area contributed by atoms with E-state index in [0.717, 1.165) is 5.56 Å². The van der Waals surface area contributed by atoms with Crippen molar-refractivity contribution in [1.82, 2.24) is 36.3 Å². The van der Waals surface area contributed by atoms with Crippen LogP contribution in [0.5, 0.6) is 5.75 Å². The van der Waals surface area contributed by atoms with Gasteiger partial charge in [0, 0.05) is 0 Å². The van der Waals surface area contributed by atoms with Crippen molar-refractivity contribution in [2.24, 2.45) is 5.92 Å². The van der Waals surface area contributed by atoms with E-state index in [1.54, 1.807) is 62.8 Å². The Morgan fingerprint density at radius 3 is 2.43 bits per heavy atom. The topological polar surface area (TPSA) is 156 Å². The van der Waals surface area contributed by atoms with Crippen molar-refractivity contribution in [3.8, 4) is 5.75 Å². The molecule has 4 bridgehead atoms. The van der Waals surface area contributed by atoms with Crippen molar-refractivity contribution in [1.29, 1.82) is 0 Å². The number of nitrogens with one attached hydrogen (secondary N) is 4. The normalized spacial score (nSPS) is 22.5. The zero-order valence-electron chi connectivity index (χ0n) is 21.6. The third kappa shape index (κ3) is 8.02. The second-order valence-electron chi connectivity index (χ2n) is 9.35. The Morgan fingerprint density at radius 2 is 1.76 bits per heavy atom. The Labute approximate surface area is 215 Å². The van der Waals surface area contributed by atoms with Crippen molar-refractivity contribution < 1.29 is 23.9 Å². The maximum atomic E-state index is 12.9. The largest absolute Gasteiger partial charge is 0.492 e. The van der Waals surface area contributed by atoms with Gasteiger partial charge in [0.25, 0.3) is 0 Å². The lowest BCUT2D eigenvalue weighted by Crippen LogP contribution is -2.57. The zero-order valence-corrected chi connectivity index (χ0v) is 21.6. The summed E-state index contributed by atoms with van der Waals surface area (Å²) in [5.74, 6) is -1.28. The van der Waals surface area contributed by atoms with Gasteiger partial charge in [-0.25, -0.2) is 4.68 Å². The molecule has 12 heteroatoms. The van der Waals surface area contributed by atoms with Crippen LogP contribution in [0.4, 0.5) is 0 Å². The van der Waals surface area contributed by atoms with E-state index in [4.69, 9.17) is 4.74 Å². The fourth-order valence-corrected chi connectivity index (χ4v) is 3.76. The van der Waals surface area contributed by atoms with E-state index in [-0.39, 0.29) is 24.8 Å². The molecule has 37 heavy (non-hydrogen) atoms. The molecule has 3 heterocycles. The van der Waals surface area contributed by atoms with Gasteiger partial charge < -0.3 is 26.0 Å². The summed E-state index contributed by atoms with van der Waals surface area (Å²) in [5.41, 5.74) is 1.33. The van der Waals surface area contributed by atoms with E-state index in [0.29, 0.717) is 31.0 Å².